The van der Waals surface area contributed by atoms with E-state index in [1.807, 2.05) is 11.8 Å². The summed E-state index contributed by atoms with van der Waals surface area (Å²) >= 11 is 6.54. The minimum atomic E-state index is -3.11. The van der Waals surface area contributed by atoms with Gasteiger partial charge in [0.15, 0.2) is 21.3 Å². The van der Waals surface area contributed by atoms with Crippen molar-refractivity contribution in [1.29, 1.82) is 0 Å². The van der Waals surface area contributed by atoms with E-state index in [9.17, 15) is 13.2 Å². The van der Waals surface area contributed by atoms with E-state index in [1.54, 1.807) is 41.3 Å². The second kappa shape index (κ2) is 8.44. The Labute approximate surface area is 200 Å². The second-order valence-corrected chi connectivity index (χ2v) is 10.9. The maximum atomic E-state index is 13.2. The Hall–Kier alpha value is -3.38. The molecule has 0 radical (unpaired) electrons. The number of carbonyl (C=O) groups excluding carboxylic acids is 1. The number of sulfone groups is 1. The van der Waals surface area contributed by atoms with Crippen LogP contribution in [0.4, 0.5) is 11.6 Å². The zero-order valence-electron chi connectivity index (χ0n) is 18.3. The third-order valence-corrected chi connectivity index (χ3v) is 7.97. The number of carbonyl (C=O) groups is 1. The fraction of sp³-hybridized carbons (Fsp3) is 0.333. The molecule has 3 N–H and O–H groups in total. The molecular formula is C21H23ClN8O3S. The molecule has 11 nitrogen and oxygen atoms in total. The van der Waals surface area contributed by atoms with Gasteiger partial charge >= 0.3 is 0 Å². The molecule has 13 heteroatoms. The Morgan fingerprint density at radius 2 is 2.09 bits per heavy atom. The lowest BCUT2D eigenvalue weighted by atomic mass is 10.1. The van der Waals surface area contributed by atoms with Crippen LogP contribution in [0.1, 0.15) is 35.3 Å². The van der Waals surface area contributed by atoms with Crippen LogP contribution in [0.2, 0.25) is 5.02 Å². The van der Waals surface area contributed by atoms with Crippen LogP contribution in [-0.4, -0.2) is 63.1 Å². The molecule has 1 aliphatic rings. The molecule has 5 heterocycles. The van der Waals surface area contributed by atoms with Gasteiger partial charge in [-0.05, 0) is 31.5 Å². The van der Waals surface area contributed by atoms with Gasteiger partial charge in [0.2, 0.25) is 0 Å². The molecule has 0 aromatic carbocycles. The molecule has 1 fully saturated rings. The fourth-order valence-corrected chi connectivity index (χ4v) is 5.84. The van der Waals surface area contributed by atoms with Gasteiger partial charge in [-0.3, -0.25) is 4.79 Å². The third-order valence-electron chi connectivity index (χ3n) is 5.95. The van der Waals surface area contributed by atoms with E-state index in [4.69, 9.17) is 17.3 Å². The van der Waals surface area contributed by atoms with E-state index < -0.39 is 21.8 Å². The van der Waals surface area contributed by atoms with Crippen LogP contribution >= 0.6 is 11.6 Å². The number of halogens is 1. The van der Waals surface area contributed by atoms with Crippen LogP contribution in [0.15, 0.2) is 36.8 Å². The van der Waals surface area contributed by atoms with Crippen LogP contribution in [0, 0.1) is 0 Å². The number of hydrogen-bond acceptors (Lipinski definition) is 8. The van der Waals surface area contributed by atoms with Crippen molar-refractivity contribution in [3.63, 3.8) is 0 Å². The van der Waals surface area contributed by atoms with E-state index in [0.717, 1.165) is 0 Å². The molecule has 1 amide bonds. The quantitative estimate of drug-likeness (QED) is 0.430. The summed E-state index contributed by atoms with van der Waals surface area (Å²) in [4.78, 5) is 19.4. The van der Waals surface area contributed by atoms with Crippen LogP contribution in [0.3, 0.4) is 0 Å². The Kier molecular flexibility index (Phi) is 5.56. The number of fused-ring (bicyclic) bond motifs is 2. The third kappa shape index (κ3) is 3.92. The van der Waals surface area contributed by atoms with E-state index in [-0.39, 0.29) is 22.9 Å². The molecule has 0 saturated carbocycles. The van der Waals surface area contributed by atoms with Crippen LogP contribution in [0.5, 0.6) is 0 Å². The number of rotatable bonds is 4. The van der Waals surface area contributed by atoms with Crippen molar-refractivity contribution >= 4 is 50.1 Å². The molecule has 1 atom stereocenters. The predicted octanol–water partition coefficient (Wildman–Crippen LogP) is 1.73. The van der Waals surface area contributed by atoms with Crippen molar-refractivity contribution in [1.82, 2.24) is 29.5 Å². The maximum absolute atomic E-state index is 13.2. The number of nitrogen functional groups attached to an aromatic ring is 1. The van der Waals surface area contributed by atoms with Gasteiger partial charge in [0.05, 0.1) is 34.3 Å². The van der Waals surface area contributed by atoms with Gasteiger partial charge in [-0.15, -0.1) is 5.10 Å². The highest BCUT2D eigenvalue weighted by Crippen LogP contribution is 2.33. The Morgan fingerprint density at radius 1 is 1.26 bits per heavy atom. The molecule has 34 heavy (non-hydrogen) atoms. The molecule has 1 unspecified atom stereocenters. The summed E-state index contributed by atoms with van der Waals surface area (Å²) in [6.45, 7) is 2.68. The molecule has 5 rings (SSSR count). The van der Waals surface area contributed by atoms with Gasteiger partial charge in [-0.2, -0.15) is 5.10 Å². The Balaban J connectivity index is 1.54. The molecule has 1 aliphatic heterocycles. The summed E-state index contributed by atoms with van der Waals surface area (Å²) in [6.07, 6.45) is 5.36. The zero-order chi connectivity index (χ0) is 24.0. The number of nitrogens with two attached hydrogens (primary N) is 1. The number of pyridine rings is 1. The average Bonchev–Trinajstić information content (AvgIpc) is 3.35. The van der Waals surface area contributed by atoms with Gasteiger partial charge in [0.1, 0.15) is 11.4 Å². The van der Waals surface area contributed by atoms with Gasteiger partial charge < -0.3 is 16.0 Å². The zero-order valence-corrected chi connectivity index (χ0v) is 19.9. The lowest BCUT2D eigenvalue weighted by molar-refractivity contribution is 0.0942. The lowest BCUT2D eigenvalue weighted by Crippen LogP contribution is -2.33. The lowest BCUT2D eigenvalue weighted by Gasteiger charge is -2.28. The van der Waals surface area contributed by atoms with Crippen molar-refractivity contribution in [3.05, 3.63) is 52.9 Å². The first-order valence-electron chi connectivity index (χ1n) is 10.8. The number of aromatic nitrogens is 5. The largest absolute Gasteiger partial charge is 0.381 e. The van der Waals surface area contributed by atoms with E-state index >= 15 is 0 Å². The van der Waals surface area contributed by atoms with Gasteiger partial charge in [-0.1, -0.05) is 11.6 Å². The molecule has 4 aromatic rings. The SMILES string of the molecule is CC(NC(=O)c1c(N)nn2cccnc12)c1cc(Cl)c2ccnn2c1N1CCCS(=O)(=O)CC1. The monoisotopic (exact) mass is 502 g/mol. The molecule has 4 aromatic heterocycles. The highest BCUT2D eigenvalue weighted by molar-refractivity contribution is 7.91. The van der Waals surface area contributed by atoms with Crippen molar-refractivity contribution in [2.75, 3.05) is 35.2 Å². The molecule has 1 saturated heterocycles. The smallest absolute Gasteiger partial charge is 0.259 e. The Morgan fingerprint density at radius 3 is 2.91 bits per heavy atom. The molecular weight excluding hydrogens is 480 g/mol. The predicted molar refractivity (Wildman–Crippen MR) is 129 cm³/mol. The number of nitrogens with one attached hydrogen (secondary N) is 1. The average molecular weight is 503 g/mol. The first-order valence-corrected chi connectivity index (χ1v) is 13.0. The van der Waals surface area contributed by atoms with E-state index in [2.05, 4.69) is 20.5 Å². The van der Waals surface area contributed by atoms with Crippen molar-refractivity contribution in [2.45, 2.75) is 19.4 Å². The molecule has 178 valence electrons. The van der Waals surface area contributed by atoms with Gasteiger partial charge in [0.25, 0.3) is 5.91 Å². The van der Waals surface area contributed by atoms with Gasteiger partial charge in [-0.25, -0.2) is 22.4 Å². The standard InChI is InChI=1S/C21H23ClN8O3S/c1-13(26-20(31)17-18(23)27-29-8-2-5-24-19(17)29)14-12-15(22)16-4-6-25-30(16)21(14)28-7-3-10-34(32,33)11-9-28/h2,4-6,8,12-13H,3,7,9-11H2,1H3,(H2,23,27)(H,26,31). The summed E-state index contributed by atoms with van der Waals surface area (Å²) in [5.41, 5.74) is 7.94. The minimum Gasteiger partial charge on any atom is -0.381 e. The fourth-order valence-electron chi connectivity index (χ4n) is 4.30. The van der Waals surface area contributed by atoms with Crippen LogP contribution in [-0.2, 0) is 9.84 Å². The summed E-state index contributed by atoms with van der Waals surface area (Å²) in [7, 11) is -3.11. The normalized spacial score (nSPS) is 17.1. The summed E-state index contributed by atoms with van der Waals surface area (Å²) in [6, 6.07) is 4.76. The van der Waals surface area contributed by atoms with E-state index in [0.29, 0.717) is 47.1 Å². The summed E-state index contributed by atoms with van der Waals surface area (Å²) < 4.78 is 27.5. The molecule has 0 aliphatic carbocycles. The maximum Gasteiger partial charge on any atom is 0.259 e. The number of anilines is 2. The topological polar surface area (TPSA) is 140 Å². The summed E-state index contributed by atoms with van der Waals surface area (Å²) in [5, 5.41) is 12.0. The molecule has 0 spiro atoms. The van der Waals surface area contributed by atoms with Crippen molar-refractivity contribution in [2.24, 2.45) is 0 Å². The highest BCUT2D eigenvalue weighted by Gasteiger charge is 2.28. The molecule has 0 bridgehead atoms. The minimum absolute atomic E-state index is 0.0448. The number of amides is 1. The van der Waals surface area contributed by atoms with Crippen LogP contribution < -0.4 is 16.0 Å². The Bertz CT molecular complexity index is 1510. The van der Waals surface area contributed by atoms with Crippen LogP contribution in [0.25, 0.3) is 11.2 Å². The second-order valence-electron chi connectivity index (χ2n) is 8.24. The number of nitrogens with zero attached hydrogens (tertiary/aromatic N) is 6. The first kappa shape index (κ1) is 22.4. The van der Waals surface area contributed by atoms with Crippen molar-refractivity contribution in [3.8, 4) is 0 Å². The highest BCUT2D eigenvalue weighted by atomic mass is 35.5. The van der Waals surface area contributed by atoms with Gasteiger partial charge in [0, 0.05) is 31.0 Å². The number of hydrogen-bond donors (Lipinski definition) is 2. The first-order chi connectivity index (χ1) is 16.2. The van der Waals surface area contributed by atoms with E-state index in [1.165, 1.54) is 4.52 Å². The summed E-state index contributed by atoms with van der Waals surface area (Å²) in [5.74, 6) is 0.521. The van der Waals surface area contributed by atoms with Crippen molar-refractivity contribution < 1.29 is 13.2 Å².